The highest BCUT2D eigenvalue weighted by molar-refractivity contribution is 7.15. The third-order valence-electron chi connectivity index (χ3n) is 4.00. The molecule has 0 atom stereocenters. The maximum atomic E-state index is 14.3. The zero-order valence-corrected chi connectivity index (χ0v) is 12.9. The highest BCUT2D eigenvalue weighted by Crippen LogP contribution is 2.42. The van der Waals surface area contributed by atoms with Crippen LogP contribution in [0, 0.1) is 5.82 Å². The molecule has 0 bridgehead atoms. The molecule has 0 saturated carbocycles. The number of nitrogens with zero attached hydrogens (tertiary/aromatic N) is 1. The molecule has 4 rings (SSSR count). The quantitative estimate of drug-likeness (QED) is 0.683. The molecule has 0 aliphatic heterocycles. The third kappa shape index (κ3) is 2.03. The van der Waals surface area contributed by atoms with Gasteiger partial charge in [-0.15, -0.1) is 11.3 Å². The number of rotatable bonds is 2. The predicted octanol–water partition coefficient (Wildman–Crippen LogP) is 4.72. The first kappa shape index (κ1) is 13.5. The van der Waals surface area contributed by atoms with Gasteiger partial charge >= 0.3 is 0 Å². The number of halogens is 1. The van der Waals surface area contributed by atoms with Gasteiger partial charge in [0.1, 0.15) is 16.6 Å². The number of hydrogen-bond donors (Lipinski definition) is 0. The molecule has 4 heteroatoms. The Labute approximate surface area is 132 Å². The lowest BCUT2D eigenvalue weighted by atomic mass is 9.94. The average Bonchev–Trinajstić information content (AvgIpc) is 2.98. The van der Waals surface area contributed by atoms with Crippen LogP contribution in [0.25, 0.3) is 21.8 Å². The Hall–Kier alpha value is -2.20. The van der Waals surface area contributed by atoms with Crippen LogP contribution < -0.4 is 4.74 Å². The molecule has 0 unspecified atom stereocenters. The summed E-state index contributed by atoms with van der Waals surface area (Å²) in [5.74, 6) is 0.234. The summed E-state index contributed by atoms with van der Waals surface area (Å²) in [6.07, 6.45) is 1.97. The lowest BCUT2D eigenvalue weighted by Crippen LogP contribution is -2.01. The van der Waals surface area contributed by atoms with Crippen molar-refractivity contribution in [2.45, 2.75) is 12.8 Å². The molecule has 0 amide bonds. The number of ether oxygens (including phenoxy) is 1. The van der Waals surface area contributed by atoms with Crippen molar-refractivity contribution in [1.82, 2.24) is 4.98 Å². The molecular formula is C18H14FNOS. The number of aromatic nitrogens is 1. The lowest BCUT2D eigenvalue weighted by Gasteiger charge is -2.13. The number of benzene rings is 2. The molecule has 1 heterocycles. The summed E-state index contributed by atoms with van der Waals surface area (Å²) in [6, 6.07) is 13.2. The van der Waals surface area contributed by atoms with Gasteiger partial charge in [0.15, 0.2) is 0 Å². The molecular weight excluding hydrogens is 297 g/mol. The van der Waals surface area contributed by atoms with Gasteiger partial charge in [0, 0.05) is 10.4 Å². The van der Waals surface area contributed by atoms with E-state index in [9.17, 15) is 4.39 Å². The first-order chi connectivity index (χ1) is 10.8. The van der Waals surface area contributed by atoms with Crippen molar-refractivity contribution in [2.75, 3.05) is 7.11 Å². The van der Waals surface area contributed by atoms with Crippen LogP contribution >= 0.6 is 11.3 Å². The monoisotopic (exact) mass is 311 g/mol. The second kappa shape index (κ2) is 5.21. The molecule has 1 aliphatic rings. The van der Waals surface area contributed by atoms with Crippen molar-refractivity contribution < 1.29 is 9.13 Å². The minimum Gasteiger partial charge on any atom is -0.496 e. The van der Waals surface area contributed by atoms with E-state index in [0.29, 0.717) is 16.3 Å². The predicted molar refractivity (Wildman–Crippen MR) is 86.9 cm³/mol. The zero-order chi connectivity index (χ0) is 15.1. The summed E-state index contributed by atoms with van der Waals surface area (Å²) in [7, 11) is 1.56. The van der Waals surface area contributed by atoms with Gasteiger partial charge in [-0.2, -0.15) is 0 Å². The van der Waals surface area contributed by atoms with Crippen LogP contribution in [0.5, 0.6) is 5.75 Å². The Balaban J connectivity index is 1.90. The number of methoxy groups -OCH3 is 1. The molecule has 3 aromatic rings. The molecule has 0 spiro atoms. The summed E-state index contributed by atoms with van der Waals surface area (Å²) in [4.78, 5) is 5.95. The molecule has 0 N–H and O–H groups in total. The molecule has 2 aromatic carbocycles. The Kier molecular flexibility index (Phi) is 3.19. The van der Waals surface area contributed by atoms with Crippen molar-refractivity contribution in [2.24, 2.45) is 0 Å². The van der Waals surface area contributed by atoms with Crippen LogP contribution in [0.2, 0.25) is 0 Å². The van der Waals surface area contributed by atoms with Gasteiger partial charge in [-0.05, 0) is 30.5 Å². The molecule has 0 radical (unpaired) electrons. The van der Waals surface area contributed by atoms with Crippen LogP contribution in [0.3, 0.4) is 0 Å². The molecule has 0 fully saturated rings. The van der Waals surface area contributed by atoms with Crippen molar-refractivity contribution in [3.8, 4) is 27.6 Å². The Morgan fingerprint density at radius 1 is 1.09 bits per heavy atom. The molecule has 2 nitrogen and oxygen atoms in total. The summed E-state index contributed by atoms with van der Waals surface area (Å²) in [6.45, 7) is 0. The highest BCUT2D eigenvalue weighted by Gasteiger charge is 2.23. The zero-order valence-electron chi connectivity index (χ0n) is 12.1. The fraction of sp³-hybridized carbons (Fsp3) is 0.167. The van der Waals surface area contributed by atoms with Gasteiger partial charge in [0.25, 0.3) is 0 Å². The summed E-state index contributed by atoms with van der Waals surface area (Å²) in [5.41, 5.74) is 3.93. The van der Waals surface area contributed by atoms with E-state index in [1.54, 1.807) is 30.6 Å². The number of hydrogen-bond acceptors (Lipinski definition) is 3. The normalized spacial score (nSPS) is 12.6. The van der Waals surface area contributed by atoms with Crippen LogP contribution in [-0.4, -0.2) is 12.1 Å². The molecule has 22 heavy (non-hydrogen) atoms. The standard InChI is InChI=1S/C18H14FNOS/c1-21-14-8-4-7-13(19)16(14)18-20-17-12-6-3-2-5-11(12)9-10-15(17)22-18/h2-8H,9-10H2,1H3. The first-order valence-electron chi connectivity index (χ1n) is 7.19. The van der Waals surface area contributed by atoms with E-state index < -0.39 is 0 Å². The fourth-order valence-electron chi connectivity index (χ4n) is 2.94. The van der Waals surface area contributed by atoms with Crippen molar-refractivity contribution in [1.29, 1.82) is 0 Å². The van der Waals surface area contributed by atoms with Crippen LogP contribution in [-0.2, 0) is 12.8 Å². The van der Waals surface area contributed by atoms with Gasteiger partial charge in [-0.3, -0.25) is 0 Å². The summed E-state index contributed by atoms with van der Waals surface area (Å²) >= 11 is 1.56. The van der Waals surface area contributed by atoms with Gasteiger partial charge in [0.05, 0.1) is 18.4 Å². The van der Waals surface area contributed by atoms with Gasteiger partial charge in [0.2, 0.25) is 0 Å². The minimum absolute atomic E-state index is 0.293. The van der Waals surface area contributed by atoms with E-state index >= 15 is 0 Å². The highest BCUT2D eigenvalue weighted by atomic mass is 32.1. The second-order valence-corrected chi connectivity index (χ2v) is 6.35. The lowest BCUT2D eigenvalue weighted by molar-refractivity contribution is 0.413. The smallest absolute Gasteiger partial charge is 0.137 e. The number of thiazole rings is 1. The van der Waals surface area contributed by atoms with Gasteiger partial charge < -0.3 is 4.74 Å². The van der Waals surface area contributed by atoms with Gasteiger partial charge in [-0.1, -0.05) is 30.3 Å². The third-order valence-corrected chi connectivity index (χ3v) is 5.13. The van der Waals surface area contributed by atoms with Crippen LogP contribution in [0.4, 0.5) is 4.39 Å². The second-order valence-electron chi connectivity index (χ2n) is 5.27. The topological polar surface area (TPSA) is 22.1 Å². The average molecular weight is 311 g/mol. The SMILES string of the molecule is COc1cccc(F)c1-c1nc2c(s1)CCc1ccccc1-2. The van der Waals surface area contributed by atoms with Crippen molar-refractivity contribution in [3.63, 3.8) is 0 Å². The molecule has 1 aromatic heterocycles. The maximum absolute atomic E-state index is 14.3. The summed E-state index contributed by atoms with van der Waals surface area (Å²) in [5, 5.41) is 0.691. The molecule has 0 saturated heterocycles. The van der Waals surface area contributed by atoms with E-state index in [2.05, 4.69) is 18.2 Å². The van der Waals surface area contributed by atoms with Crippen molar-refractivity contribution >= 4 is 11.3 Å². The van der Waals surface area contributed by atoms with Crippen LogP contribution in [0.1, 0.15) is 10.4 Å². The van der Waals surface area contributed by atoms with E-state index in [-0.39, 0.29) is 5.82 Å². The molecule has 1 aliphatic carbocycles. The van der Waals surface area contributed by atoms with E-state index in [1.165, 1.54) is 22.1 Å². The maximum Gasteiger partial charge on any atom is 0.137 e. The number of fused-ring (bicyclic) bond motifs is 3. The van der Waals surface area contributed by atoms with Gasteiger partial charge in [-0.25, -0.2) is 9.37 Å². The van der Waals surface area contributed by atoms with E-state index in [0.717, 1.165) is 18.5 Å². The first-order valence-corrected chi connectivity index (χ1v) is 8.00. The fourth-order valence-corrected chi connectivity index (χ4v) is 4.06. The van der Waals surface area contributed by atoms with Crippen molar-refractivity contribution in [3.05, 3.63) is 58.7 Å². The minimum atomic E-state index is -0.293. The largest absolute Gasteiger partial charge is 0.496 e. The molecule has 110 valence electrons. The van der Waals surface area contributed by atoms with Crippen LogP contribution in [0.15, 0.2) is 42.5 Å². The summed E-state index contributed by atoms with van der Waals surface area (Å²) < 4.78 is 19.6. The number of aryl methyl sites for hydroxylation is 2. The Bertz CT molecular complexity index is 856. The van der Waals surface area contributed by atoms with E-state index in [4.69, 9.17) is 9.72 Å². The Morgan fingerprint density at radius 2 is 1.95 bits per heavy atom. The van der Waals surface area contributed by atoms with E-state index in [1.807, 2.05) is 6.07 Å². The Morgan fingerprint density at radius 3 is 2.82 bits per heavy atom.